The maximum Gasteiger partial charge on any atom is 0.416 e. The molecule has 0 aromatic heterocycles. The van der Waals surface area contributed by atoms with E-state index in [1.807, 2.05) is 0 Å². The predicted octanol–water partition coefficient (Wildman–Crippen LogP) is 4.83. The Bertz CT molecular complexity index is 825. The first-order valence-electron chi connectivity index (χ1n) is 6.84. The van der Waals surface area contributed by atoms with E-state index in [2.05, 4.69) is 21.2 Å². The van der Waals surface area contributed by atoms with Crippen LogP contribution in [-0.2, 0) is 6.18 Å². The smallest absolute Gasteiger partial charge is 0.416 e. The van der Waals surface area contributed by atoms with Crippen molar-refractivity contribution in [1.29, 1.82) is 0 Å². The van der Waals surface area contributed by atoms with Crippen molar-refractivity contribution in [3.63, 3.8) is 0 Å². The number of alkyl halides is 3. The minimum Gasteiger partial charge on any atom is -0.478 e. The van der Waals surface area contributed by atoms with Gasteiger partial charge in [-0.25, -0.2) is 9.59 Å². The zero-order valence-corrected chi connectivity index (χ0v) is 14.4. The molecule has 2 aromatic carbocycles. The third kappa shape index (κ3) is 4.50. The second kappa shape index (κ2) is 7.14. The first kappa shape index (κ1) is 18.8. The van der Waals surface area contributed by atoms with Crippen molar-refractivity contribution in [2.45, 2.75) is 6.18 Å². The summed E-state index contributed by atoms with van der Waals surface area (Å²) in [6.07, 6.45) is -4.53. The molecule has 0 aliphatic heterocycles. The molecule has 0 heterocycles. The first-order valence-corrected chi connectivity index (χ1v) is 7.63. The lowest BCUT2D eigenvalue weighted by Gasteiger charge is -2.20. The number of rotatable bonds is 3. The molecule has 0 saturated heterocycles. The molecule has 0 aliphatic carbocycles. The summed E-state index contributed by atoms with van der Waals surface area (Å²) in [6.45, 7) is 0. The van der Waals surface area contributed by atoms with Gasteiger partial charge in [0.25, 0.3) is 0 Å². The molecule has 0 atom stereocenters. The fourth-order valence-electron chi connectivity index (χ4n) is 2.05. The van der Waals surface area contributed by atoms with Gasteiger partial charge in [-0.05, 0) is 36.4 Å². The molecule has 9 heteroatoms. The van der Waals surface area contributed by atoms with Crippen LogP contribution < -0.4 is 10.2 Å². The number of amides is 2. The van der Waals surface area contributed by atoms with Crippen molar-refractivity contribution >= 4 is 39.3 Å². The number of anilines is 2. The molecule has 5 nitrogen and oxygen atoms in total. The Labute approximate surface area is 149 Å². The highest BCUT2D eigenvalue weighted by atomic mass is 79.9. The number of carboxylic acid groups (broad SMARTS) is 1. The molecule has 2 amide bonds. The summed E-state index contributed by atoms with van der Waals surface area (Å²) in [5, 5.41) is 11.5. The van der Waals surface area contributed by atoms with Crippen LogP contribution in [0.15, 0.2) is 46.9 Å². The summed E-state index contributed by atoms with van der Waals surface area (Å²) in [5.41, 5.74) is -0.989. The lowest BCUT2D eigenvalue weighted by atomic mass is 10.1. The van der Waals surface area contributed by atoms with Gasteiger partial charge in [-0.3, -0.25) is 4.90 Å². The number of carbonyl (C=O) groups is 2. The minimum absolute atomic E-state index is 0.0569. The summed E-state index contributed by atoms with van der Waals surface area (Å²) in [5.74, 6) is -1.23. The van der Waals surface area contributed by atoms with E-state index >= 15 is 0 Å². The summed E-state index contributed by atoms with van der Waals surface area (Å²) in [7, 11) is 1.32. The molecule has 2 N–H and O–H groups in total. The van der Waals surface area contributed by atoms with Crippen molar-refractivity contribution in [2.75, 3.05) is 17.3 Å². The average molecular weight is 417 g/mol. The normalized spacial score (nSPS) is 11.1. The van der Waals surface area contributed by atoms with Crippen LogP contribution >= 0.6 is 15.9 Å². The standard InChI is InChI=1S/C16H12BrF3N2O3/c1-22(13-8-10(17)5-6-12(13)14(23)24)15(25)21-11-4-2-3-9(7-11)16(18,19)20/h2-8H,1H3,(H,21,25)(H,23,24). The lowest BCUT2D eigenvalue weighted by molar-refractivity contribution is -0.137. The molecule has 132 valence electrons. The van der Waals surface area contributed by atoms with Gasteiger partial charge in [0.15, 0.2) is 0 Å². The third-order valence-electron chi connectivity index (χ3n) is 3.30. The van der Waals surface area contributed by atoms with Gasteiger partial charge in [0.1, 0.15) is 0 Å². The van der Waals surface area contributed by atoms with Crippen LogP contribution in [0.3, 0.4) is 0 Å². The second-order valence-corrected chi connectivity index (χ2v) is 5.95. The van der Waals surface area contributed by atoms with Gasteiger partial charge in [0, 0.05) is 17.2 Å². The SMILES string of the molecule is CN(C(=O)Nc1cccc(C(F)(F)F)c1)c1cc(Br)ccc1C(=O)O. The Hall–Kier alpha value is -2.55. The average Bonchev–Trinajstić information content (AvgIpc) is 2.53. The van der Waals surface area contributed by atoms with Crippen LogP contribution in [-0.4, -0.2) is 24.2 Å². The monoisotopic (exact) mass is 416 g/mol. The van der Waals surface area contributed by atoms with Crippen molar-refractivity contribution in [3.05, 3.63) is 58.1 Å². The molecule has 0 saturated carbocycles. The largest absolute Gasteiger partial charge is 0.478 e. The summed E-state index contributed by atoms with van der Waals surface area (Å²) in [4.78, 5) is 24.6. The molecular formula is C16H12BrF3N2O3. The molecular weight excluding hydrogens is 405 g/mol. The molecule has 0 radical (unpaired) electrons. The Morgan fingerprint density at radius 1 is 1.16 bits per heavy atom. The molecule has 0 bridgehead atoms. The van der Waals surface area contributed by atoms with Crippen LogP contribution in [0, 0.1) is 0 Å². The quantitative estimate of drug-likeness (QED) is 0.752. The van der Waals surface area contributed by atoms with Crippen molar-refractivity contribution in [1.82, 2.24) is 0 Å². The van der Waals surface area contributed by atoms with E-state index in [0.717, 1.165) is 17.0 Å². The van der Waals surface area contributed by atoms with E-state index in [4.69, 9.17) is 0 Å². The Balaban J connectivity index is 2.27. The maximum atomic E-state index is 12.7. The highest BCUT2D eigenvalue weighted by Crippen LogP contribution is 2.31. The number of hydrogen-bond acceptors (Lipinski definition) is 2. The Kier molecular flexibility index (Phi) is 5.36. The van der Waals surface area contributed by atoms with Crippen LogP contribution in [0.5, 0.6) is 0 Å². The van der Waals surface area contributed by atoms with Gasteiger partial charge in [-0.2, -0.15) is 13.2 Å². The van der Waals surface area contributed by atoms with Crippen LogP contribution in [0.4, 0.5) is 29.3 Å². The predicted molar refractivity (Wildman–Crippen MR) is 90.0 cm³/mol. The highest BCUT2D eigenvalue weighted by Gasteiger charge is 2.30. The zero-order chi connectivity index (χ0) is 18.8. The van der Waals surface area contributed by atoms with Gasteiger partial charge in [0.2, 0.25) is 0 Å². The van der Waals surface area contributed by atoms with E-state index in [-0.39, 0.29) is 16.9 Å². The summed E-state index contributed by atoms with van der Waals surface area (Å²) < 4.78 is 38.7. The van der Waals surface area contributed by atoms with Gasteiger partial charge < -0.3 is 10.4 Å². The molecule has 0 aliphatic rings. The van der Waals surface area contributed by atoms with Gasteiger partial charge in [0.05, 0.1) is 16.8 Å². The topological polar surface area (TPSA) is 69.6 Å². The molecule has 2 aromatic rings. The highest BCUT2D eigenvalue weighted by molar-refractivity contribution is 9.10. The van der Waals surface area contributed by atoms with Crippen LogP contribution in [0.1, 0.15) is 15.9 Å². The minimum atomic E-state index is -4.53. The van der Waals surface area contributed by atoms with E-state index in [9.17, 15) is 27.9 Å². The lowest BCUT2D eigenvalue weighted by Crippen LogP contribution is -2.32. The van der Waals surface area contributed by atoms with Crippen LogP contribution in [0.25, 0.3) is 0 Å². The van der Waals surface area contributed by atoms with E-state index < -0.39 is 23.7 Å². The fourth-order valence-corrected chi connectivity index (χ4v) is 2.40. The maximum absolute atomic E-state index is 12.7. The number of halogens is 4. The number of nitrogens with one attached hydrogen (secondary N) is 1. The van der Waals surface area contributed by atoms with Crippen LogP contribution in [0.2, 0.25) is 0 Å². The number of nitrogens with zero attached hydrogens (tertiary/aromatic N) is 1. The fraction of sp³-hybridized carbons (Fsp3) is 0.125. The van der Waals surface area contributed by atoms with E-state index in [1.165, 1.54) is 37.4 Å². The first-order chi connectivity index (χ1) is 11.6. The number of aromatic carboxylic acids is 1. The Morgan fingerprint density at radius 2 is 1.84 bits per heavy atom. The zero-order valence-electron chi connectivity index (χ0n) is 12.8. The number of urea groups is 1. The molecule has 0 spiro atoms. The number of carboxylic acids is 1. The number of hydrogen-bond donors (Lipinski definition) is 2. The molecule has 25 heavy (non-hydrogen) atoms. The molecule has 0 unspecified atom stereocenters. The van der Waals surface area contributed by atoms with E-state index in [0.29, 0.717) is 4.47 Å². The third-order valence-corrected chi connectivity index (χ3v) is 3.79. The molecule has 0 fully saturated rings. The van der Waals surface area contributed by atoms with Gasteiger partial charge in [-0.1, -0.05) is 22.0 Å². The summed E-state index contributed by atoms with van der Waals surface area (Å²) in [6, 6.07) is 7.62. The van der Waals surface area contributed by atoms with Crippen molar-refractivity contribution < 1.29 is 27.9 Å². The van der Waals surface area contributed by atoms with Crippen molar-refractivity contribution in [2.24, 2.45) is 0 Å². The number of carbonyl (C=O) groups excluding carboxylic acids is 1. The van der Waals surface area contributed by atoms with Gasteiger partial charge >= 0.3 is 18.2 Å². The summed E-state index contributed by atoms with van der Waals surface area (Å²) >= 11 is 3.18. The molecule has 2 rings (SSSR count). The van der Waals surface area contributed by atoms with Crippen molar-refractivity contribution in [3.8, 4) is 0 Å². The van der Waals surface area contributed by atoms with Gasteiger partial charge in [-0.15, -0.1) is 0 Å². The number of benzene rings is 2. The van der Waals surface area contributed by atoms with E-state index in [1.54, 1.807) is 0 Å². The second-order valence-electron chi connectivity index (χ2n) is 5.03. The Morgan fingerprint density at radius 3 is 2.44 bits per heavy atom.